The minimum absolute atomic E-state index is 0.313. The molecule has 1 aliphatic rings. The summed E-state index contributed by atoms with van der Waals surface area (Å²) in [4.78, 5) is 0. The molecule has 100 valence electrons. The Bertz CT molecular complexity index is 766. The van der Waals surface area contributed by atoms with Crippen LogP contribution in [0.15, 0.2) is 47.8 Å². The molecule has 0 fully saturated rings. The zero-order valence-electron chi connectivity index (χ0n) is 10.8. The molecule has 0 spiro atoms. The Balaban J connectivity index is 1.55. The summed E-state index contributed by atoms with van der Waals surface area (Å²) >= 11 is 1.78. The van der Waals surface area contributed by atoms with Crippen molar-refractivity contribution in [1.82, 2.24) is 0 Å². The van der Waals surface area contributed by atoms with Crippen molar-refractivity contribution in [2.24, 2.45) is 0 Å². The molecule has 0 unspecified atom stereocenters. The molecule has 3 aromatic rings. The van der Waals surface area contributed by atoms with Crippen molar-refractivity contribution in [1.29, 1.82) is 0 Å². The Morgan fingerprint density at radius 3 is 2.95 bits per heavy atom. The van der Waals surface area contributed by atoms with E-state index in [1.54, 1.807) is 11.3 Å². The van der Waals surface area contributed by atoms with Crippen LogP contribution in [0.5, 0.6) is 11.5 Å². The van der Waals surface area contributed by atoms with Crippen LogP contribution in [0.1, 0.15) is 5.56 Å². The van der Waals surface area contributed by atoms with Crippen LogP contribution in [0.4, 0.5) is 5.69 Å². The highest BCUT2D eigenvalue weighted by atomic mass is 32.1. The molecule has 0 bridgehead atoms. The zero-order chi connectivity index (χ0) is 13.4. The summed E-state index contributed by atoms with van der Waals surface area (Å²) < 4.78 is 12.0. The lowest BCUT2D eigenvalue weighted by molar-refractivity contribution is 0.174. The van der Waals surface area contributed by atoms with Crippen LogP contribution in [0.3, 0.4) is 0 Å². The molecular weight excluding hydrogens is 270 g/mol. The smallest absolute Gasteiger partial charge is 0.231 e. The third-order valence-corrected chi connectivity index (χ3v) is 4.43. The number of hydrogen-bond donors (Lipinski definition) is 1. The van der Waals surface area contributed by atoms with Crippen molar-refractivity contribution in [3.63, 3.8) is 0 Å². The number of benzene rings is 2. The molecule has 0 radical (unpaired) electrons. The number of ether oxygens (including phenoxy) is 2. The predicted molar refractivity (Wildman–Crippen MR) is 81.7 cm³/mol. The minimum Gasteiger partial charge on any atom is -0.454 e. The fourth-order valence-electron chi connectivity index (χ4n) is 2.37. The number of rotatable bonds is 3. The second-order valence-corrected chi connectivity index (χ2v) is 5.59. The van der Waals surface area contributed by atoms with Crippen LogP contribution in [-0.2, 0) is 6.54 Å². The van der Waals surface area contributed by atoms with Crippen molar-refractivity contribution in [3.05, 3.63) is 53.4 Å². The van der Waals surface area contributed by atoms with Crippen molar-refractivity contribution in [3.8, 4) is 11.5 Å². The predicted octanol–water partition coefficient (Wildman–Crippen LogP) is 4.24. The summed E-state index contributed by atoms with van der Waals surface area (Å²) in [5.41, 5.74) is 2.37. The number of fused-ring (bicyclic) bond motifs is 2. The van der Waals surface area contributed by atoms with E-state index in [0.717, 1.165) is 23.7 Å². The van der Waals surface area contributed by atoms with Crippen LogP contribution in [0.25, 0.3) is 10.1 Å². The van der Waals surface area contributed by atoms with E-state index in [0.29, 0.717) is 6.79 Å². The Labute approximate surface area is 120 Å². The SMILES string of the molecule is c1ccc2c(CNc3ccc4c(c3)OCO4)csc2c1. The molecule has 0 atom stereocenters. The molecular formula is C16H13NO2S. The molecule has 3 nitrogen and oxygen atoms in total. The molecule has 0 amide bonds. The van der Waals surface area contributed by atoms with Gasteiger partial charge in [0.2, 0.25) is 6.79 Å². The van der Waals surface area contributed by atoms with Gasteiger partial charge in [0.1, 0.15) is 0 Å². The lowest BCUT2D eigenvalue weighted by Gasteiger charge is -2.06. The molecule has 0 aliphatic carbocycles. The summed E-state index contributed by atoms with van der Waals surface area (Å²) in [5.74, 6) is 1.63. The first-order valence-electron chi connectivity index (χ1n) is 6.49. The molecule has 20 heavy (non-hydrogen) atoms. The Kier molecular flexibility index (Phi) is 2.74. The largest absolute Gasteiger partial charge is 0.454 e. The number of nitrogens with one attached hydrogen (secondary N) is 1. The van der Waals surface area contributed by atoms with Gasteiger partial charge in [0.15, 0.2) is 11.5 Å². The molecule has 0 saturated carbocycles. The summed E-state index contributed by atoms with van der Waals surface area (Å²) in [6.45, 7) is 1.12. The lowest BCUT2D eigenvalue weighted by Crippen LogP contribution is -1.98. The van der Waals surface area contributed by atoms with Crippen LogP contribution >= 0.6 is 11.3 Å². The molecule has 0 saturated heterocycles. The van der Waals surface area contributed by atoms with Gasteiger partial charge in [-0.3, -0.25) is 0 Å². The molecule has 1 aromatic heterocycles. The van der Waals surface area contributed by atoms with E-state index in [1.165, 1.54) is 15.6 Å². The molecule has 2 heterocycles. The van der Waals surface area contributed by atoms with Crippen LogP contribution in [0.2, 0.25) is 0 Å². The topological polar surface area (TPSA) is 30.5 Å². The van der Waals surface area contributed by atoms with E-state index in [2.05, 4.69) is 35.0 Å². The summed E-state index contributed by atoms with van der Waals surface area (Å²) in [5, 5.41) is 6.98. The molecule has 4 rings (SSSR count). The minimum atomic E-state index is 0.313. The first kappa shape index (κ1) is 11.6. The Morgan fingerprint density at radius 1 is 1.05 bits per heavy atom. The van der Waals surface area contributed by atoms with Gasteiger partial charge in [0, 0.05) is 23.0 Å². The Morgan fingerprint density at radius 2 is 1.95 bits per heavy atom. The van der Waals surface area contributed by atoms with Gasteiger partial charge in [0.05, 0.1) is 0 Å². The van der Waals surface area contributed by atoms with Crippen LogP contribution < -0.4 is 14.8 Å². The third kappa shape index (κ3) is 1.98. The normalized spacial score (nSPS) is 12.8. The van der Waals surface area contributed by atoms with Gasteiger partial charge in [0.25, 0.3) is 0 Å². The summed E-state index contributed by atoms with van der Waals surface area (Å²) in [6.07, 6.45) is 0. The van der Waals surface area contributed by atoms with Gasteiger partial charge in [-0.05, 0) is 34.5 Å². The standard InChI is InChI=1S/C16H13NO2S/c1-2-4-16-13(3-1)11(9-20-16)8-17-12-5-6-14-15(7-12)19-10-18-14/h1-7,9,17H,8,10H2. The van der Waals surface area contributed by atoms with Crippen molar-refractivity contribution in [2.45, 2.75) is 6.54 Å². The van der Waals surface area contributed by atoms with Crippen LogP contribution in [-0.4, -0.2) is 6.79 Å². The lowest BCUT2D eigenvalue weighted by atomic mass is 10.2. The number of anilines is 1. The number of hydrogen-bond acceptors (Lipinski definition) is 4. The zero-order valence-corrected chi connectivity index (χ0v) is 11.6. The average Bonchev–Trinajstić information content (AvgIpc) is 3.11. The fourth-order valence-corrected chi connectivity index (χ4v) is 3.34. The van der Waals surface area contributed by atoms with E-state index < -0.39 is 0 Å². The number of thiophene rings is 1. The highest BCUT2D eigenvalue weighted by molar-refractivity contribution is 7.17. The van der Waals surface area contributed by atoms with E-state index in [1.807, 2.05) is 18.2 Å². The van der Waals surface area contributed by atoms with Gasteiger partial charge in [-0.2, -0.15) is 0 Å². The fraction of sp³-hybridized carbons (Fsp3) is 0.125. The van der Waals surface area contributed by atoms with E-state index in [4.69, 9.17) is 9.47 Å². The molecule has 2 aromatic carbocycles. The highest BCUT2D eigenvalue weighted by Gasteiger charge is 2.13. The van der Waals surface area contributed by atoms with E-state index in [-0.39, 0.29) is 0 Å². The summed E-state index contributed by atoms with van der Waals surface area (Å²) in [7, 11) is 0. The molecule has 1 N–H and O–H groups in total. The molecule has 1 aliphatic heterocycles. The van der Waals surface area contributed by atoms with Crippen LogP contribution in [0, 0.1) is 0 Å². The van der Waals surface area contributed by atoms with Crippen molar-refractivity contribution >= 4 is 27.1 Å². The van der Waals surface area contributed by atoms with Gasteiger partial charge in [-0.1, -0.05) is 18.2 Å². The van der Waals surface area contributed by atoms with E-state index >= 15 is 0 Å². The maximum Gasteiger partial charge on any atom is 0.231 e. The second-order valence-electron chi connectivity index (χ2n) is 4.68. The van der Waals surface area contributed by atoms with Gasteiger partial charge < -0.3 is 14.8 Å². The van der Waals surface area contributed by atoms with Crippen molar-refractivity contribution in [2.75, 3.05) is 12.1 Å². The Hall–Kier alpha value is -2.20. The van der Waals surface area contributed by atoms with Crippen molar-refractivity contribution < 1.29 is 9.47 Å². The van der Waals surface area contributed by atoms with Gasteiger partial charge in [-0.15, -0.1) is 11.3 Å². The second kappa shape index (κ2) is 4.72. The highest BCUT2D eigenvalue weighted by Crippen LogP contribution is 2.34. The average molecular weight is 283 g/mol. The summed E-state index contributed by atoms with van der Waals surface area (Å²) in [6, 6.07) is 14.4. The molecule has 4 heteroatoms. The third-order valence-electron chi connectivity index (χ3n) is 3.42. The maximum atomic E-state index is 5.39. The monoisotopic (exact) mass is 283 g/mol. The van der Waals surface area contributed by atoms with E-state index in [9.17, 15) is 0 Å². The van der Waals surface area contributed by atoms with Gasteiger partial charge >= 0.3 is 0 Å². The maximum absolute atomic E-state index is 5.39. The first-order chi connectivity index (χ1) is 9.90. The first-order valence-corrected chi connectivity index (χ1v) is 7.37. The van der Waals surface area contributed by atoms with Gasteiger partial charge in [-0.25, -0.2) is 0 Å². The quantitative estimate of drug-likeness (QED) is 0.779.